The zero-order valence-electron chi connectivity index (χ0n) is 64.9. The molecule has 2 aliphatic carbocycles. The number of rotatable bonds is 30. The van der Waals surface area contributed by atoms with Crippen molar-refractivity contribution in [1.29, 1.82) is 0 Å². The third-order valence-electron chi connectivity index (χ3n) is 19.0. The number of aromatic nitrogens is 6. The van der Waals surface area contributed by atoms with Crippen LogP contribution < -0.4 is 57.2 Å². The van der Waals surface area contributed by atoms with E-state index in [0.29, 0.717) is 107 Å². The van der Waals surface area contributed by atoms with Crippen LogP contribution in [0.2, 0.25) is 5.15 Å². The van der Waals surface area contributed by atoms with Gasteiger partial charge in [0.05, 0.1) is 32.4 Å². The number of nitrogens with zero attached hydrogens (tertiary/aromatic N) is 9. The van der Waals surface area contributed by atoms with Gasteiger partial charge in [-0.05, 0) is 126 Å². The second-order valence-electron chi connectivity index (χ2n) is 28.5. The second kappa shape index (κ2) is 42.0. The Kier molecular flexibility index (Phi) is 30.8. The zero-order chi connectivity index (χ0) is 81.8. The van der Waals surface area contributed by atoms with Gasteiger partial charge in [-0.1, -0.05) is 165 Å². The molecule has 3 heterocycles. The van der Waals surface area contributed by atoms with Crippen LogP contribution in [-0.2, 0) is 75.5 Å². The molecule has 10 aromatic rings. The van der Waals surface area contributed by atoms with Crippen molar-refractivity contribution < 1.29 is 53.7 Å². The standard InChI is InChI=1S/C32H33ClN6O4.C31H38N6O4.C23H25N5O3/c1-39(19-28(40)34-23-8-4-5-9-23)31-26(18-29(41)42)30(33)37-27(38-31)16-20-10-13-24(14-11-20)35-32(43)36-25-15-12-21-6-2-3-7-22(21)17-25;1-21-26(19-29(39)40)30(37(2)20-28(38)34-24-10-6-7-11-24)36-27(33-21)18-23-12-14-25(15-13-23)35-31(41)32-17-16-22-8-4-3-5-9-22;1-28(2)22-18(13-21(29)30)15-24-20(27-22)12-16-8-10-19(11-9-16)26-23(31)25-14-17-6-4-3-5-7-17/h2-3,6-7,10-15,17,23H,4-5,8-9,16,18-19H2,1H3,(H,34,40)(H,41,42)(H2,35,36,43);3-5,8-9,12-15,24H,6-7,10-11,16-20H2,1-2H3,(H,34,38)(H,39,40)(H2,32,35,41);3-11,15H,12-14H2,1-2H3,(H,29,30)(H2,25,26,31). The molecule has 2 saturated carbocycles. The van der Waals surface area contributed by atoms with Gasteiger partial charge in [-0.15, -0.1) is 0 Å². The lowest BCUT2D eigenvalue weighted by Gasteiger charge is -2.23. The van der Waals surface area contributed by atoms with Gasteiger partial charge in [0, 0.05) is 124 Å². The molecule has 0 atom stereocenters. The number of nitrogens with one attached hydrogen (secondary N) is 8. The van der Waals surface area contributed by atoms with Crippen molar-refractivity contribution in [3.63, 3.8) is 0 Å². The molecule has 0 spiro atoms. The number of carbonyl (C=O) groups is 8. The number of hydrogen-bond acceptors (Lipinski definition) is 17. The number of halogens is 1. The van der Waals surface area contributed by atoms with Crippen LogP contribution in [0, 0.1) is 6.92 Å². The third kappa shape index (κ3) is 27.1. The maximum Gasteiger partial charge on any atom is 0.323 e. The molecular weight excluding hydrogens is 1480 g/mol. The van der Waals surface area contributed by atoms with Gasteiger partial charge >= 0.3 is 36.0 Å². The molecule has 8 amide bonds. The van der Waals surface area contributed by atoms with Gasteiger partial charge in [-0.3, -0.25) is 24.0 Å². The third-order valence-corrected chi connectivity index (χ3v) is 19.3. The van der Waals surface area contributed by atoms with Gasteiger partial charge in [-0.2, -0.15) is 0 Å². The van der Waals surface area contributed by atoms with Crippen molar-refractivity contribution in [3.05, 3.63) is 255 Å². The van der Waals surface area contributed by atoms with Gasteiger partial charge in [0.2, 0.25) is 11.8 Å². The molecule has 0 bridgehead atoms. The molecule has 0 aliphatic heterocycles. The molecule has 0 unspecified atom stereocenters. The Hall–Kier alpha value is -13.1. The Bertz CT molecular complexity index is 5000. The Morgan fingerprint density at radius 1 is 0.435 bits per heavy atom. The van der Waals surface area contributed by atoms with Crippen LogP contribution in [0.15, 0.2) is 182 Å². The van der Waals surface area contributed by atoms with Crippen LogP contribution in [0.1, 0.15) is 119 Å². The summed E-state index contributed by atoms with van der Waals surface area (Å²) in [7, 11) is 7.07. The van der Waals surface area contributed by atoms with Gasteiger partial charge in [0.15, 0.2) is 0 Å². The summed E-state index contributed by atoms with van der Waals surface area (Å²) in [4.78, 5) is 129. The average molecular weight is 1580 g/mol. The number of benzene rings is 7. The van der Waals surface area contributed by atoms with Crippen LogP contribution in [0.3, 0.4) is 0 Å². The number of anilines is 7. The SMILES string of the molecule is CN(C)c1nc(Cc2ccc(NC(=O)NCc3ccccc3)cc2)ncc1CC(=O)O.CN(CC(=O)NC1CCCC1)c1nc(Cc2ccc(NC(=O)Nc3ccc4ccccc4c3)cc2)nc(Cl)c1CC(=O)O.Cc1nc(Cc2ccc(NC(=O)NCCc3ccccc3)cc2)nc(N(C)CC(=O)NC2CCCC2)c1CC(=O)O. The van der Waals surface area contributed by atoms with Gasteiger partial charge in [-0.25, -0.2) is 44.3 Å². The van der Waals surface area contributed by atoms with Crippen molar-refractivity contribution in [2.45, 2.75) is 122 Å². The number of fused-ring (bicyclic) bond motifs is 1. The largest absolute Gasteiger partial charge is 0.481 e. The summed E-state index contributed by atoms with van der Waals surface area (Å²) in [5, 5.41) is 53.3. The van der Waals surface area contributed by atoms with Crippen molar-refractivity contribution in [2.24, 2.45) is 0 Å². The topological polar surface area (TPSA) is 381 Å². The number of aryl methyl sites for hydroxylation is 1. The minimum Gasteiger partial charge on any atom is -0.481 e. The number of carboxylic acids is 3. The zero-order valence-corrected chi connectivity index (χ0v) is 65.7. The lowest BCUT2D eigenvalue weighted by Crippen LogP contribution is -2.40. The molecular formula is C86H96ClN17O11. The van der Waals surface area contributed by atoms with Crippen molar-refractivity contribution in [3.8, 4) is 0 Å². The van der Waals surface area contributed by atoms with Crippen LogP contribution >= 0.6 is 11.6 Å². The van der Waals surface area contributed by atoms with Crippen LogP contribution in [0.25, 0.3) is 10.8 Å². The Labute approximate surface area is 672 Å². The first kappa shape index (κ1) is 84.3. The smallest absolute Gasteiger partial charge is 0.323 e. The van der Waals surface area contributed by atoms with Crippen molar-refractivity contribution >= 4 is 110 Å². The van der Waals surface area contributed by atoms with E-state index in [1.54, 1.807) is 54.0 Å². The van der Waals surface area contributed by atoms with Gasteiger partial charge in [0.1, 0.15) is 40.1 Å². The first-order chi connectivity index (χ1) is 55.4. The molecule has 11 N–H and O–H groups in total. The van der Waals surface area contributed by atoms with Crippen molar-refractivity contribution in [1.82, 2.24) is 51.2 Å². The molecule has 0 saturated heterocycles. The quantitative estimate of drug-likeness (QED) is 0.0186. The molecule has 598 valence electrons. The summed E-state index contributed by atoms with van der Waals surface area (Å²) < 4.78 is 0. The fourth-order valence-corrected chi connectivity index (χ4v) is 13.6. The summed E-state index contributed by atoms with van der Waals surface area (Å²) in [5.41, 5.74) is 9.47. The number of urea groups is 3. The fraction of sp³-hybridized carbons (Fsp3) is 0.302. The monoisotopic (exact) mass is 1580 g/mol. The minimum atomic E-state index is -1.07. The first-order valence-corrected chi connectivity index (χ1v) is 38.4. The highest BCUT2D eigenvalue weighted by molar-refractivity contribution is 6.30. The van der Waals surface area contributed by atoms with E-state index in [1.165, 1.54) is 0 Å². The Morgan fingerprint density at radius 2 is 0.861 bits per heavy atom. The van der Waals surface area contributed by atoms with Crippen LogP contribution in [0.4, 0.5) is 54.6 Å². The second-order valence-corrected chi connectivity index (χ2v) is 28.8. The molecule has 12 rings (SSSR count). The van der Waals surface area contributed by atoms with E-state index >= 15 is 0 Å². The maximum absolute atomic E-state index is 12.7. The van der Waals surface area contributed by atoms with Crippen LogP contribution in [-0.4, -0.2) is 153 Å². The molecule has 115 heavy (non-hydrogen) atoms. The molecule has 2 fully saturated rings. The number of aliphatic carboxylic acids is 3. The highest BCUT2D eigenvalue weighted by Gasteiger charge is 2.26. The number of amides is 8. The van der Waals surface area contributed by atoms with Crippen LogP contribution in [0.5, 0.6) is 0 Å². The lowest BCUT2D eigenvalue weighted by molar-refractivity contribution is -0.137. The van der Waals surface area contributed by atoms with E-state index in [2.05, 4.69) is 72.4 Å². The Morgan fingerprint density at radius 3 is 1.37 bits per heavy atom. The number of carboxylic acid groups (broad SMARTS) is 3. The summed E-state index contributed by atoms with van der Waals surface area (Å²) in [6.07, 6.45) is 11.2. The minimum absolute atomic E-state index is 0.0114. The highest BCUT2D eigenvalue weighted by Crippen LogP contribution is 2.29. The molecule has 29 heteroatoms. The predicted octanol–water partition coefficient (Wildman–Crippen LogP) is 12.6. The average Bonchev–Trinajstić information content (AvgIpc) is 1.41. The first-order valence-electron chi connectivity index (χ1n) is 38.0. The Balaban J connectivity index is 0.000000185. The number of carbonyl (C=O) groups excluding carboxylic acids is 5. The predicted molar refractivity (Wildman–Crippen MR) is 445 cm³/mol. The van der Waals surface area contributed by atoms with E-state index in [-0.39, 0.29) is 85.1 Å². The highest BCUT2D eigenvalue weighted by atomic mass is 35.5. The van der Waals surface area contributed by atoms with Gasteiger partial charge in [0.25, 0.3) is 0 Å². The maximum atomic E-state index is 12.7. The molecule has 2 aliphatic rings. The summed E-state index contributed by atoms with van der Waals surface area (Å²) in [6.45, 7) is 2.84. The lowest BCUT2D eigenvalue weighted by atomic mass is 10.1. The summed E-state index contributed by atoms with van der Waals surface area (Å²) >= 11 is 6.45. The normalized spacial score (nSPS) is 12.3. The van der Waals surface area contributed by atoms with Crippen molar-refractivity contribution in [2.75, 3.05) is 83.8 Å². The molecule has 3 aromatic heterocycles. The van der Waals surface area contributed by atoms with E-state index in [0.717, 1.165) is 96.4 Å². The van der Waals surface area contributed by atoms with E-state index in [9.17, 15) is 48.6 Å². The summed E-state index contributed by atoms with van der Waals surface area (Å²) in [6, 6.07) is 54.9. The molecule has 28 nitrogen and oxygen atoms in total. The number of likely N-dealkylation sites (N-methyl/N-ethyl adjacent to an activating group) is 2. The van der Waals surface area contributed by atoms with E-state index < -0.39 is 17.9 Å². The molecule has 0 radical (unpaired) electrons. The summed E-state index contributed by atoms with van der Waals surface area (Å²) in [5.74, 6) is -0.385. The van der Waals surface area contributed by atoms with E-state index in [1.807, 2.05) is 178 Å². The number of hydrogen-bond donors (Lipinski definition) is 11. The van der Waals surface area contributed by atoms with E-state index in [4.69, 9.17) is 16.7 Å². The molecule has 7 aromatic carbocycles. The van der Waals surface area contributed by atoms with Gasteiger partial charge < -0.3 is 72.6 Å². The fourth-order valence-electron chi connectivity index (χ4n) is 13.4.